The van der Waals surface area contributed by atoms with Gasteiger partial charge in [-0.2, -0.15) is 13.2 Å². The summed E-state index contributed by atoms with van der Waals surface area (Å²) in [5.41, 5.74) is -0.673. The van der Waals surface area contributed by atoms with E-state index in [0.29, 0.717) is 35.0 Å². The fourth-order valence-corrected chi connectivity index (χ4v) is 4.26. The van der Waals surface area contributed by atoms with Gasteiger partial charge in [-0.05, 0) is 45.4 Å². The van der Waals surface area contributed by atoms with E-state index in [1.807, 2.05) is 27.7 Å². The Labute approximate surface area is 166 Å². The number of benzene rings is 1. The standard InChI is InChI=1S/C19H24F3N3O2S/c1-5-13-11-24(17(26)27-18(2,3)4)8-9-25(13)16-23-14-7-6-12(19(20,21)22)10-15(14)28-16/h6-7,10,13H,5,8-9,11H2,1-4H3/t13-/m0/s1. The van der Waals surface area contributed by atoms with Gasteiger partial charge in [0.25, 0.3) is 0 Å². The number of anilines is 1. The van der Waals surface area contributed by atoms with Gasteiger partial charge in [0.05, 0.1) is 15.8 Å². The monoisotopic (exact) mass is 415 g/mol. The molecule has 3 rings (SSSR count). The number of piperazine rings is 1. The third-order valence-electron chi connectivity index (χ3n) is 4.56. The molecule has 0 unspecified atom stereocenters. The molecule has 1 fully saturated rings. The van der Waals surface area contributed by atoms with Gasteiger partial charge >= 0.3 is 12.3 Å². The molecule has 1 aromatic carbocycles. The van der Waals surface area contributed by atoms with Crippen LogP contribution < -0.4 is 4.90 Å². The molecule has 1 atom stereocenters. The maximum atomic E-state index is 13.0. The summed E-state index contributed by atoms with van der Waals surface area (Å²) >= 11 is 1.25. The molecule has 1 amide bonds. The molecule has 1 aromatic heterocycles. The van der Waals surface area contributed by atoms with Gasteiger partial charge in [0.15, 0.2) is 5.13 Å². The molecule has 1 aliphatic heterocycles. The fraction of sp³-hybridized carbons (Fsp3) is 0.579. The zero-order chi connectivity index (χ0) is 20.7. The van der Waals surface area contributed by atoms with Gasteiger partial charge in [0, 0.05) is 25.7 Å². The highest BCUT2D eigenvalue weighted by Crippen LogP contribution is 2.36. The van der Waals surface area contributed by atoms with E-state index in [1.54, 1.807) is 4.90 Å². The number of amides is 1. The van der Waals surface area contributed by atoms with Crippen LogP contribution in [0.2, 0.25) is 0 Å². The molecule has 2 aromatic rings. The van der Waals surface area contributed by atoms with Crippen molar-refractivity contribution in [1.82, 2.24) is 9.88 Å². The molecule has 0 saturated carbocycles. The summed E-state index contributed by atoms with van der Waals surface area (Å²) in [4.78, 5) is 20.7. The number of carbonyl (C=O) groups excluding carboxylic acids is 1. The highest BCUT2D eigenvalue weighted by Gasteiger charge is 2.33. The van der Waals surface area contributed by atoms with Crippen LogP contribution in [-0.2, 0) is 10.9 Å². The largest absolute Gasteiger partial charge is 0.444 e. The average molecular weight is 415 g/mol. The lowest BCUT2D eigenvalue weighted by molar-refractivity contribution is -0.137. The van der Waals surface area contributed by atoms with Crippen LogP contribution >= 0.6 is 11.3 Å². The Morgan fingerprint density at radius 1 is 1.29 bits per heavy atom. The number of nitrogens with zero attached hydrogens (tertiary/aromatic N) is 3. The quantitative estimate of drug-likeness (QED) is 0.680. The van der Waals surface area contributed by atoms with E-state index >= 15 is 0 Å². The number of rotatable bonds is 2. The van der Waals surface area contributed by atoms with Crippen molar-refractivity contribution in [2.24, 2.45) is 0 Å². The van der Waals surface area contributed by atoms with Crippen molar-refractivity contribution in [3.05, 3.63) is 23.8 Å². The molecule has 0 bridgehead atoms. The maximum absolute atomic E-state index is 13.0. The second-order valence-electron chi connectivity index (χ2n) is 7.86. The number of alkyl halides is 3. The first-order chi connectivity index (χ1) is 13.0. The minimum Gasteiger partial charge on any atom is -0.444 e. The van der Waals surface area contributed by atoms with Crippen LogP contribution in [0.15, 0.2) is 18.2 Å². The number of fused-ring (bicyclic) bond motifs is 1. The third-order valence-corrected chi connectivity index (χ3v) is 5.61. The topological polar surface area (TPSA) is 45.7 Å². The highest BCUT2D eigenvalue weighted by atomic mass is 32.1. The number of hydrogen-bond acceptors (Lipinski definition) is 5. The zero-order valence-corrected chi connectivity index (χ0v) is 17.2. The first-order valence-corrected chi connectivity index (χ1v) is 10.0. The third kappa shape index (κ3) is 4.51. The molecule has 0 radical (unpaired) electrons. The summed E-state index contributed by atoms with van der Waals surface area (Å²) in [6.45, 7) is 9.04. The van der Waals surface area contributed by atoms with Crippen molar-refractivity contribution in [3.63, 3.8) is 0 Å². The summed E-state index contributed by atoms with van der Waals surface area (Å²) in [7, 11) is 0. The summed E-state index contributed by atoms with van der Waals surface area (Å²) in [6.07, 6.45) is -3.93. The van der Waals surface area contributed by atoms with Crippen LogP contribution in [0.5, 0.6) is 0 Å². The van der Waals surface area contributed by atoms with Crippen molar-refractivity contribution < 1.29 is 22.7 Å². The van der Waals surface area contributed by atoms with Crippen molar-refractivity contribution >= 4 is 32.8 Å². The van der Waals surface area contributed by atoms with Gasteiger partial charge < -0.3 is 14.5 Å². The van der Waals surface area contributed by atoms with Gasteiger partial charge in [-0.1, -0.05) is 18.3 Å². The summed E-state index contributed by atoms with van der Waals surface area (Å²) < 4.78 is 44.8. The van der Waals surface area contributed by atoms with Crippen molar-refractivity contribution in [3.8, 4) is 0 Å². The Hall–Kier alpha value is -2.03. The zero-order valence-electron chi connectivity index (χ0n) is 16.3. The molecule has 9 heteroatoms. The van der Waals surface area contributed by atoms with Crippen LogP contribution in [0, 0.1) is 0 Å². The van der Waals surface area contributed by atoms with Crippen molar-refractivity contribution in [1.29, 1.82) is 0 Å². The second-order valence-corrected chi connectivity index (χ2v) is 8.87. The van der Waals surface area contributed by atoms with Crippen LogP contribution in [0.1, 0.15) is 39.7 Å². The van der Waals surface area contributed by atoms with Gasteiger partial charge in [-0.25, -0.2) is 9.78 Å². The predicted octanol–water partition coefficient (Wildman–Crippen LogP) is 5.15. The molecular formula is C19H24F3N3O2S. The van der Waals surface area contributed by atoms with Crippen LogP contribution in [0.25, 0.3) is 10.2 Å². The lowest BCUT2D eigenvalue weighted by Gasteiger charge is -2.41. The Balaban J connectivity index is 1.79. The number of carbonyl (C=O) groups is 1. The Kier molecular flexibility index (Phi) is 5.49. The molecule has 154 valence electrons. The minimum atomic E-state index is -4.37. The normalized spacial score (nSPS) is 18.6. The van der Waals surface area contributed by atoms with Crippen molar-refractivity contribution in [2.45, 2.75) is 51.9 Å². The number of ether oxygens (including phenoxy) is 1. The van der Waals surface area contributed by atoms with Gasteiger partial charge in [-0.3, -0.25) is 0 Å². The number of hydrogen-bond donors (Lipinski definition) is 0. The van der Waals surface area contributed by atoms with Gasteiger partial charge in [0.2, 0.25) is 0 Å². The Morgan fingerprint density at radius 2 is 2.00 bits per heavy atom. The molecule has 0 spiro atoms. The van der Waals surface area contributed by atoms with Gasteiger partial charge in [0.1, 0.15) is 5.60 Å². The maximum Gasteiger partial charge on any atom is 0.416 e. The first kappa shape index (κ1) is 20.7. The van der Waals surface area contributed by atoms with E-state index in [2.05, 4.69) is 9.88 Å². The van der Waals surface area contributed by atoms with E-state index < -0.39 is 17.3 Å². The summed E-state index contributed by atoms with van der Waals surface area (Å²) in [5.74, 6) is 0. The predicted molar refractivity (Wildman–Crippen MR) is 104 cm³/mol. The number of thiazole rings is 1. The highest BCUT2D eigenvalue weighted by molar-refractivity contribution is 7.22. The Morgan fingerprint density at radius 3 is 2.61 bits per heavy atom. The Bertz CT molecular complexity index is 860. The molecule has 1 aliphatic rings. The van der Waals surface area contributed by atoms with Crippen LogP contribution in [-0.4, -0.2) is 47.3 Å². The van der Waals surface area contributed by atoms with E-state index in [0.717, 1.165) is 18.6 Å². The molecule has 0 aliphatic carbocycles. The molecular weight excluding hydrogens is 391 g/mol. The summed E-state index contributed by atoms with van der Waals surface area (Å²) in [6, 6.07) is 3.65. The number of halogens is 3. The van der Waals surface area contributed by atoms with E-state index in [1.165, 1.54) is 17.4 Å². The minimum absolute atomic E-state index is 0.0314. The fourth-order valence-electron chi connectivity index (χ4n) is 3.16. The van der Waals surface area contributed by atoms with E-state index in [9.17, 15) is 18.0 Å². The van der Waals surface area contributed by atoms with E-state index in [4.69, 9.17) is 4.74 Å². The smallest absolute Gasteiger partial charge is 0.416 e. The second kappa shape index (κ2) is 7.42. The SMILES string of the molecule is CC[C@H]1CN(C(=O)OC(C)(C)C)CCN1c1nc2ccc(C(F)(F)F)cc2s1. The lowest BCUT2D eigenvalue weighted by Crippen LogP contribution is -2.55. The molecule has 28 heavy (non-hydrogen) atoms. The molecule has 0 N–H and O–H groups in total. The molecule has 1 saturated heterocycles. The van der Waals surface area contributed by atoms with E-state index in [-0.39, 0.29) is 12.1 Å². The molecule has 2 heterocycles. The lowest BCUT2D eigenvalue weighted by atomic mass is 10.1. The van der Waals surface area contributed by atoms with Crippen LogP contribution in [0.4, 0.5) is 23.1 Å². The van der Waals surface area contributed by atoms with Gasteiger partial charge in [-0.15, -0.1) is 0 Å². The summed E-state index contributed by atoms with van der Waals surface area (Å²) in [5, 5.41) is 0.685. The van der Waals surface area contributed by atoms with Crippen LogP contribution in [0.3, 0.4) is 0 Å². The average Bonchev–Trinajstić information content (AvgIpc) is 3.01. The van der Waals surface area contributed by atoms with Crippen molar-refractivity contribution in [2.75, 3.05) is 24.5 Å². The molecule has 5 nitrogen and oxygen atoms in total. The first-order valence-electron chi connectivity index (χ1n) is 9.20. The number of aromatic nitrogens is 1.